The van der Waals surface area contributed by atoms with Gasteiger partial charge in [0.1, 0.15) is 0 Å². The van der Waals surface area contributed by atoms with Crippen molar-refractivity contribution >= 4 is 15.9 Å². The van der Waals surface area contributed by atoms with Crippen LogP contribution in [0.25, 0.3) is 0 Å². The lowest BCUT2D eigenvalue weighted by Crippen LogP contribution is -2.38. The molecular formula is C19H31N3O4S. The van der Waals surface area contributed by atoms with Gasteiger partial charge < -0.3 is 15.8 Å². The van der Waals surface area contributed by atoms with Gasteiger partial charge in [0.2, 0.25) is 15.9 Å². The van der Waals surface area contributed by atoms with Gasteiger partial charge in [-0.2, -0.15) is 0 Å². The molecule has 0 spiro atoms. The van der Waals surface area contributed by atoms with Crippen LogP contribution in [0.15, 0.2) is 29.2 Å². The molecule has 0 radical (unpaired) electrons. The number of methoxy groups -OCH3 is 1. The molecule has 0 saturated heterocycles. The zero-order valence-electron chi connectivity index (χ0n) is 16.0. The van der Waals surface area contributed by atoms with Crippen LogP contribution in [-0.4, -0.2) is 41.1 Å². The van der Waals surface area contributed by atoms with Crippen molar-refractivity contribution in [2.45, 2.75) is 50.0 Å². The molecule has 0 unspecified atom stereocenters. The van der Waals surface area contributed by atoms with Crippen LogP contribution in [0.4, 0.5) is 0 Å². The average molecular weight is 398 g/mol. The molecule has 1 aromatic rings. The summed E-state index contributed by atoms with van der Waals surface area (Å²) in [6, 6.07) is 6.59. The fourth-order valence-corrected chi connectivity index (χ4v) is 4.63. The summed E-state index contributed by atoms with van der Waals surface area (Å²) in [5.74, 6) is -0.0335. The monoisotopic (exact) mass is 397 g/mol. The summed E-state index contributed by atoms with van der Waals surface area (Å²) in [4.78, 5) is 12.6. The first kappa shape index (κ1) is 21.8. The zero-order valence-corrected chi connectivity index (χ0v) is 16.8. The first-order chi connectivity index (χ1) is 12.9. The number of carbonyl (C=O) groups is 1. The van der Waals surface area contributed by atoms with Crippen LogP contribution in [0.5, 0.6) is 0 Å². The average Bonchev–Trinajstić information content (AvgIpc) is 2.67. The van der Waals surface area contributed by atoms with E-state index in [4.69, 9.17) is 10.5 Å². The minimum Gasteiger partial charge on any atom is -0.383 e. The van der Waals surface area contributed by atoms with Gasteiger partial charge in [0, 0.05) is 26.6 Å². The van der Waals surface area contributed by atoms with E-state index < -0.39 is 10.0 Å². The summed E-state index contributed by atoms with van der Waals surface area (Å²) in [6.07, 6.45) is 5.89. The van der Waals surface area contributed by atoms with E-state index in [9.17, 15) is 13.2 Å². The Bertz CT molecular complexity index is 715. The van der Waals surface area contributed by atoms with Gasteiger partial charge in [0.25, 0.3) is 0 Å². The Balaban J connectivity index is 1.93. The van der Waals surface area contributed by atoms with E-state index in [1.165, 1.54) is 19.6 Å². The van der Waals surface area contributed by atoms with Crippen molar-refractivity contribution in [1.29, 1.82) is 0 Å². The number of nitrogens with two attached hydrogens (primary N) is 1. The summed E-state index contributed by atoms with van der Waals surface area (Å²) in [5.41, 5.74) is 6.60. The van der Waals surface area contributed by atoms with Gasteiger partial charge in [-0.15, -0.1) is 0 Å². The fraction of sp³-hybridized carbons (Fsp3) is 0.632. The van der Waals surface area contributed by atoms with Gasteiger partial charge in [-0.1, -0.05) is 31.4 Å². The lowest BCUT2D eigenvalue weighted by atomic mass is 9.71. The van der Waals surface area contributed by atoms with Crippen LogP contribution >= 0.6 is 0 Å². The van der Waals surface area contributed by atoms with E-state index >= 15 is 0 Å². The number of ether oxygens (including phenoxy) is 1. The Labute approximate surface area is 162 Å². The van der Waals surface area contributed by atoms with Crippen molar-refractivity contribution in [2.24, 2.45) is 11.1 Å². The SMILES string of the molecule is COCCNS(=O)(=O)c1cccc(CNC(=O)CC2(CN)CCCCC2)c1. The molecular weight excluding hydrogens is 366 g/mol. The molecule has 1 aromatic carbocycles. The number of hydrogen-bond acceptors (Lipinski definition) is 5. The molecule has 1 saturated carbocycles. The lowest BCUT2D eigenvalue weighted by Gasteiger charge is -2.35. The quantitative estimate of drug-likeness (QED) is 0.519. The molecule has 1 fully saturated rings. The molecule has 0 bridgehead atoms. The first-order valence-electron chi connectivity index (χ1n) is 9.45. The Morgan fingerprint density at radius 2 is 2.00 bits per heavy atom. The molecule has 2 rings (SSSR count). The topological polar surface area (TPSA) is 111 Å². The molecule has 27 heavy (non-hydrogen) atoms. The number of rotatable bonds is 10. The number of carbonyl (C=O) groups excluding carboxylic acids is 1. The molecule has 1 aliphatic rings. The van der Waals surface area contributed by atoms with Gasteiger partial charge in [-0.3, -0.25) is 4.79 Å². The second kappa shape index (κ2) is 10.2. The second-order valence-electron chi connectivity index (χ2n) is 7.26. The van der Waals surface area contributed by atoms with Crippen LogP contribution in [0.1, 0.15) is 44.1 Å². The van der Waals surface area contributed by atoms with Crippen molar-refractivity contribution in [3.63, 3.8) is 0 Å². The number of amides is 1. The minimum atomic E-state index is -3.59. The highest BCUT2D eigenvalue weighted by Gasteiger charge is 2.32. The van der Waals surface area contributed by atoms with Crippen LogP contribution < -0.4 is 15.8 Å². The molecule has 152 valence electrons. The predicted molar refractivity (Wildman–Crippen MR) is 105 cm³/mol. The Morgan fingerprint density at radius 3 is 2.67 bits per heavy atom. The summed E-state index contributed by atoms with van der Waals surface area (Å²) in [7, 11) is -2.08. The van der Waals surface area contributed by atoms with Gasteiger partial charge in [-0.05, 0) is 42.5 Å². The van der Waals surface area contributed by atoms with Gasteiger partial charge in [0.15, 0.2) is 0 Å². The third kappa shape index (κ3) is 6.57. The summed E-state index contributed by atoms with van der Waals surface area (Å²) >= 11 is 0. The van der Waals surface area contributed by atoms with Crippen molar-refractivity contribution in [2.75, 3.05) is 26.8 Å². The molecule has 0 heterocycles. The molecule has 0 aromatic heterocycles. The molecule has 0 aliphatic heterocycles. The van der Waals surface area contributed by atoms with Gasteiger partial charge in [-0.25, -0.2) is 13.1 Å². The van der Waals surface area contributed by atoms with Crippen molar-refractivity contribution in [1.82, 2.24) is 10.0 Å². The number of hydrogen-bond donors (Lipinski definition) is 3. The maximum Gasteiger partial charge on any atom is 0.240 e. The molecule has 1 amide bonds. The molecule has 8 heteroatoms. The Morgan fingerprint density at radius 1 is 1.26 bits per heavy atom. The minimum absolute atomic E-state index is 0.0335. The maximum absolute atomic E-state index is 12.4. The van der Waals surface area contributed by atoms with Crippen LogP contribution in [0.2, 0.25) is 0 Å². The van der Waals surface area contributed by atoms with Crippen molar-refractivity contribution in [3.8, 4) is 0 Å². The normalized spacial score (nSPS) is 16.8. The number of sulfonamides is 1. The van der Waals surface area contributed by atoms with E-state index in [2.05, 4.69) is 10.0 Å². The van der Waals surface area contributed by atoms with Gasteiger partial charge >= 0.3 is 0 Å². The number of nitrogens with one attached hydrogen (secondary N) is 2. The third-order valence-electron chi connectivity index (χ3n) is 5.18. The molecule has 1 aliphatic carbocycles. The van der Waals surface area contributed by atoms with E-state index in [1.54, 1.807) is 18.2 Å². The van der Waals surface area contributed by atoms with E-state index in [-0.39, 0.29) is 22.8 Å². The highest BCUT2D eigenvalue weighted by Crippen LogP contribution is 2.38. The van der Waals surface area contributed by atoms with E-state index in [1.807, 2.05) is 0 Å². The summed E-state index contributed by atoms with van der Waals surface area (Å²) in [5, 5.41) is 2.91. The summed E-state index contributed by atoms with van der Waals surface area (Å²) in [6.45, 7) is 1.33. The Kier molecular flexibility index (Phi) is 8.22. The lowest BCUT2D eigenvalue weighted by molar-refractivity contribution is -0.124. The van der Waals surface area contributed by atoms with Crippen molar-refractivity contribution < 1.29 is 17.9 Å². The first-order valence-corrected chi connectivity index (χ1v) is 10.9. The number of benzene rings is 1. The summed E-state index contributed by atoms with van der Waals surface area (Å²) < 4.78 is 31.9. The van der Waals surface area contributed by atoms with Crippen LogP contribution in [-0.2, 0) is 26.1 Å². The highest BCUT2D eigenvalue weighted by atomic mass is 32.2. The molecule has 0 atom stereocenters. The Hall–Kier alpha value is -1.48. The third-order valence-corrected chi connectivity index (χ3v) is 6.64. The van der Waals surface area contributed by atoms with E-state index in [0.29, 0.717) is 26.1 Å². The largest absolute Gasteiger partial charge is 0.383 e. The van der Waals surface area contributed by atoms with Crippen molar-refractivity contribution in [3.05, 3.63) is 29.8 Å². The van der Waals surface area contributed by atoms with E-state index in [0.717, 1.165) is 31.2 Å². The molecule has 4 N–H and O–H groups in total. The maximum atomic E-state index is 12.4. The van der Waals surface area contributed by atoms with Crippen LogP contribution in [0.3, 0.4) is 0 Å². The van der Waals surface area contributed by atoms with Crippen LogP contribution in [0, 0.1) is 5.41 Å². The zero-order chi connectivity index (χ0) is 19.8. The van der Waals surface area contributed by atoms with Gasteiger partial charge in [0.05, 0.1) is 11.5 Å². The molecule has 7 nitrogen and oxygen atoms in total. The standard InChI is InChI=1S/C19H31N3O4S/c1-26-11-10-22-27(24,25)17-7-5-6-16(12-17)14-21-18(23)13-19(15-20)8-3-2-4-9-19/h5-7,12,22H,2-4,8-11,13-15,20H2,1H3,(H,21,23). The fourth-order valence-electron chi connectivity index (χ4n) is 3.54. The smallest absolute Gasteiger partial charge is 0.240 e. The predicted octanol–water partition coefficient (Wildman–Crippen LogP) is 1.53. The second-order valence-corrected chi connectivity index (χ2v) is 9.02. The highest BCUT2D eigenvalue weighted by molar-refractivity contribution is 7.89.